The van der Waals surface area contributed by atoms with E-state index >= 15 is 0 Å². The number of benzene rings is 5. The van der Waals surface area contributed by atoms with Gasteiger partial charge < -0.3 is 14.6 Å². The fourth-order valence-corrected chi connectivity index (χ4v) is 6.31. The van der Waals surface area contributed by atoms with Gasteiger partial charge in [0.2, 0.25) is 0 Å². The average Bonchev–Trinajstić information content (AvgIpc) is 3.56. The first-order valence-corrected chi connectivity index (χ1v) is 14.4. The van der Waals surface area contributed by atoms with Crippen LogP contribution in [0.1, 0.15) is 12.5 Å². The molecule has 7 aromatic rings. The molecule has 0 unspecified atom stereocenters. The smallest absolute Gasteiger partial charge is 0.0562 e. The minimum atomic E-state index is 0.750. The van der Waals surface area contributed by atoms with Crippen LogP contribution in [0.3, 0.4) is 0 Å². The fourth-order valence-electron chi connectivity index (χ4n) is 6.31. The Morgan fingerprint density at radius 3 is 1.93 bits per heavy atom. The number of rotatable bonds is 3. The van der Waals surface area contributed by atoms with Gasteiger partial charge in [-0.2, -0.15) is 0 Å². The summed E-state index contributed by atoms with van der Waals surface area (Å²) in [7, 11) is 0. The van der Waals surface area contributed by atoms with Crippen molar-refractivity contribution in [3.63, 3.8) is 0 Å². The van der Waals surface area contributed by atoms with Gasteiger partial charge in [0.1, 0.15) is 0 Å². The van der Waals surface area contributed by atoms with Crippen LogP contribution in [-0.2, 0) is 0 Å². The van der Waals surface area contributed by atoms with E-state index in [0.29, 0.717) is 0 Å². The molecule has 0 atom stereocenters. The zero-order valence-corrected chi connectivity index (χ0v) is 23.4. The van der Waals surface area contributed by atoms with E-state index in [4.69, 9.17) is 0 Å². The Morgan fingerprint density at radius 1 is 0.548 bits per heavy atom. The second-order valence-corrected chi connectivity index (χ2v) is 10.9. The largest absolute Gasteiger partial charge is 0.321 e. The number of para-hydroxylation sites is 3. The van der Waals surface area contributed by atoms with Gasteiger partial charge in [-0.3, -0.25) is 0 Å². The highest BCUT2D eigenvalue weighted by Crippen LogP contribution is 2.39. The molecule has 2 N–H and O–H groups in total. The van der Waals surface area contributed by atoms with Crippen molar-refractivity contribution in [2.45, 2.75) is 6.92 Å². The summed E-state index contributed by atoms with van der Waals surface area (Å²) < 4.78 is 4.80. The first-order chi connectivity index (χ1) is 20.8. The predicted octanol–water partition coefficient (Wildman–Crippen LogP) is 8.83. The zero-order valence-electron chi connectivity index (χ0n) is 23.4. The molecule has 8 rings (SSSR count). The molecule has 5 aromatic carbocycles. The minimum absolute atomic E-state index is 0.750. The number of hydrogen-bond acceptors (Lipinski definition) is 2. The third-order valence-corrected chi connectivity index (χ3v) is 8.23. The van der Waals surface area contributed by atoms with Crippen molar-refractivity contribution in [2.75, 3.05) is 6.54 Å². The summed E-state index contributed by atoms with van der Waals surface area (Å²) in [6.45, 7) is 2.88. The third-order valence-electron chi connectivity index (χ3n) is 8.23. The highest BCUT2D eigenvalue weighted by atomic mass is 15.4. The molecule has 1 aliphatic rings. The molecule has 42 heavy (non-hydrogen) atoms. The van der Waals surface area contributed by atoms with Gasteiger partial charge >= 0.3 is 0 Å². The molecule has 202 valence electrons. The van der Waals surface area contributed by atoms with Crippen LogP contribution in [-0.4, -0.2) is 15.7 Å². The Hall–Kier alpha value is -5.32. The Labute approximate surface area is 244 Å². The van der Waals surface area contributed by atoms with Crippen LogP contribution in [0.4, 0.5) is 0 Å². The molecule has 2 aromatic heterocycles. The number of nitrogens with one attached hydrogen (secondary N) is 2. The Bertz CT molecular complexity index is 2220. The van der Waals surface area contributed by atoms with Crippen LogP contribution in [0.25, 0.3) is 60.7 Å². The first-order valence-electron chi connectivity index (χ1n) is 14.4. The second kappa shape index (κ2) is 9.95. The highest BCUT2D eigenvalue weighted by molar-refractivity contribution is 6.19. The Kier molecular flexibility index (Phi) is 5.80. The van der Waals surface area contributed by atoms with Crippen LogP contribution >= 0.6 is 0 Å². The van der Waals surface area contributed by atoms with Crippen LogP contribution in [0.2, 0.25) is 0 Å². The van der Waals surface area contributed by atoms with Crippen molar-refractivity contribution in [1.82, 2.24) is 20.0 Å². The molecule has 4 nitrogen and oxygen atoms in total. The number of nitrogens with zero attached hydrogens (tertiary/aromatic N) is 2. The second-order valence-electron chi connectivity index (χ2n) is 10.9. The maximum Gasteiger partial charge on any atom is 0.0562 e. The lowest BCUT2D eigenvalue weighted by Gasteiger charge is -2.14. The van der Waals surface area contributed by atoms with Gasteiger partial charge in [-0.05, 0) is 61.5 Å². The average molecular weight is 543 g/mol. The van der Waals surface area contributed by atoms with Crippen LogP contribution in [0.15, 0.2) is 145 Å². The minimum Gasteiger partial charge on any atom is -0.321 e. The molecule has 0 radical (unpaired) electrons. The number of hydrazine groups is 1. The van der Waals surface area contributed by atoms with Crippen molar-refractivity contribution in [1.29, 1.82) is 0 Å². The molecule has 0 amide bonds. The van der Waals surface area contributed by atoms with E-state index in [1.807, 2.05) is 0 Å². The fraction of sp³-hybridized carbons (Fsp3) is 0.0526. The molecular weight excluding hydrogens is 512 g/mol. The van der Waals surface area contributed by atoms with Crippen molar-refractivity contribution in [3.8, 4) is 11.4 Å². The normalized spacial score (nSPS) is 17.3. The SMILES string of the molecule is CC1=C\C=C(\c2cccc(-n3c4ccccc4c4cc5c6ccccc6n(-c6ccccc6)c5cc43)c2)NNC/C=C\1. The zero-order chi connectivity index (χ0) is 28.0. The van der Waals surface area contributed by atoms with E-state index in [1.54, 1.807) is 0 Å². The van der Waals surface area contributed by atoms with E-state index in [1.165, 1.54) is 49.2 Å². The van der Waals surface area contributed by atoms with E-state index in [-0.39, 0.29) is 0 Å². The summed E-state index contributed by atoms with van der Waals surface area (Å²) in [5, 5.41) is 5.04. The first kappa shape index (κ1) is 24.5. The Morgan fingerprint density at radius 2 is 1.19 bits per heavy atom. The molecule has 0 spiro atoms. The Balaban J connectivity index is 1.41. The van der Waals surface area contributed by atoms with Crippen molar-refractivity contribution in [3.05, 3.63) is 151 Å². The summed E-state index contributed by atoms with van der Waals surface area (Å²) in [5.74, 6) is 0. The molecule has 4 heteroatoms. The van der Waals surface area contributed by atoms with Gasteiger partial charge in [0.05, 0.1) is 27.8 Å². The summed E-state index contributed by atoms with van der Waals surface area (Å²) >= 11 is 0. The summed E-state index contributed by atoms with van der Waals surface area (Å²) in [4.78, 5) is 0. The van der Waals surface area contributed by atoms with Crippen molar-refractivity contribution in [2.24, 2.45) is 0 Å². The quantitative estimate of drug-likeness (QED) is 0.234. The van der Waals surface area contributed by atoms with E-state index < -0.39 is 0 Å². The third kappa shape index (κ3) is 3.96. The maximum atomic E-state index is 3.41. The molecule has 0 aliphatic carbocycles. The van der Waals surface area contributed by atoms with Crippen LogP contribution in [0.5, 0.6) is 0 Å². The van der Waals surface area contributed by atoms with Gasteiger partial charge in [0.25, 0.3) is 0 Å². The summed E-state index contributed by atoms with van der Waals surface area (Å²) in [5.41, 5.74) is 17.2. The predicted molar refractivity (Wildman–Crippen MR) is 177 cm³/mol. The lowest BCUT2D eigenvalue weighted by atomic mass is 10.1. The molecule has 0 saturated carbocycles. The molecule has 0 bridgehead atoms. The summed E-state index contributed by atoms with van der Waals surface area (Å²) in [6.07, 6.45) is 8.56. The van der Waals surface area contributed by atoms with E-state index in [2.05, 4.69) is 166 Å². The van der Waals surface area contributed by atoms with Gasteiger partial charge in [0.15, 0.2) is 0 Å². The van der Waals surface area contributed by atoms with Crippen molar-refractivity contribution >= 4 is 49.3 Å². The summed E-state index contributed by atoms with van der Waals surface area (Å²) in [6, 6.07) is 41.7. The number of aromatic nitrogens is 2. The standard InChI is InChI=1S/C38H30N4/c1-26-11-10-22-39-40-34(21-20-26)27-12-9-15-29(23-27)42-36-19-8-6-17-31(36)33-24-32-30-16-5-7-18-35(30)41(37(32)25-38(33)42)28-13-3-2-4-14-28/h2-21,23-25,39-40H,22H2,1H3/b11-10-,26-20+,34-21-. The van der Waals surface area contributed by atoms with Crippen LogP contribution < -0.4 is 10.9 Å². The topological polar surface area (TPSA) is 33.9 Å². The number of fused-ring (bicyclic) bond motifs is 6. The van der Waals surface area contributed by atoms with Gasteiger partial charge in [0, 0.05) is 45.0 Å². The number of hydrogen-bond donors (Lipinski definition) is 2. The van der Waals surface area contributed by atoms with Crippen molar-refractivity contribution < 1.29 is 0 Å². The maximum absolute atomic E-state index is 3.41. The molecule has 0 saturated heterocycles. The molecular formula is C38H30N4. The van der Waals surface area contributed by atoms with Gasteiger partial charge in [-0.25, -0.2) is 5.43 Å². The molecule has 3 heterocycles. The van der Waals surface area contributed by atoms with E-state index in [9.17, 15) is 0 Å². The lowest BCUT2D eigenvalue weighted by Crippen LogP contribution is -2.30. The van der Waals surface area contributed by atoms with E-state index in [0.717, 1.165) is 29.2 Å². The molecule has 0 fully saturated rings. The number of allylic oxidation sites excluding steroid dienone is 4. The van der Waals surface area contributed by atoms with Gasteiger partial charge in [-0.1, -0.05) is 90.5 Å². The van der Waals surface area contributed by atoms with Gasteiger partial charge in [-0.15, -0.1) is 0 Å². The lowest BCUT2D eigenvalue weighted by molar-refractivity contribution is 0.698. The van der Waals surface area contributed by atoms with Crippen LogP contribution in [0, 0.1) is 0 Å². The monoisotopic (exact) mass is 542 g/mol. The molecule has 1 aliphatic heterocycles. The highest BCUT2D eigenvalue weighted by Gasteiger charge is 2.18.